The van der Waals surface area contributed by atoms with Gasteiger partial charge in [-0.05, 0) is 12.8 Å². The lowest BCUT2D eigenvalue weighted by Gasteiger charge is -2.35. The lowest BCUT2D eigenvalue weighted by molar-refractivity contribution is -0.164. The van der Waals surface area contributed by atoms with Crippen molar-refractivity contribution in [2.75, 3.05) is 6.61 Å². The van der Waals surface area contributed by atoms with E-state index in [4.69, 9.17) is 14.3 Å². The second kappa shape index (κ2) is 15.4. The maximum atomic E-state index is 13.0. The maximum Gasteiger partial charge on any atom is 0.482 e. The Morgan fingerprint density at radius 3 is 1.56 bits per heavy atom. The first-order valence-corrected chi connectivity index (χ1v) is 14.0. The molecule has 0 saturated heterocycles. The van der Waals surface area contributed by atoms with E-state index in [-0.39, 0.29) is 12.8 Å². The molecule has 2 atom stereocenters. The molecule has 0 heterocycles. The summed E-state index contributed by atoms with van der Waals surface area (Å²) in [7, 11) is -11.2. The molecule has 0 aromatic heterocycles. The van der Waals surface area contributed by atoms with Gasteiger partial charge in [-0.25, -0.2) is 9.13 Å². The van der Waals surface area contributed by atoms with Crippen molar-refractivity contribution < 1.29 is 52.4 Å². The molecule has 0 aliphatic carbocycles. The normalized spacial score (nSPS) is 15.3. The summed E-state index contributed by atoms with van der Waals surface area (Å²) < 4.78 is 31.7. The van der Waals surface area contributed by atoms with Crippen molar-refractivity contribution in [3.63, 3.8) is 0 Å². The summed E-state index contributed by atoms with van der Waals surface area (Å²) in [4.78, 5) is 53.6. The van der Waals surface area contributed by atoms with Crippen molar-refractivity contribution in [3.8, 4) is 0 Å². The Morgan fingerprint density at radius 1 is 0.812 bits per heavy atom. The third-order valence-corrected chi connectivity index (χ3v) is 7.15. The Kier molecular flexibility index (Phi) is 15.2. The number of aliphatic hydroxyl groups is 2. The van der Waals surface area contributed by atoms with Gasteiger partial charge in [0.05, 0.1) is 6.61 Å². The number of hydrogen-bond donors (Lipinski definition) is 5. The Balaban J connectivity index is 5.81. The predicted octanol–water partition coefficient (Wildman–Crippen LogP) is 3.16. The van der Waals surface area contributed by atoms with Gasteiger partial charge in [0.1, 0.15) is 6.10 Å². The molecule has 0 radical (unpaired) electrons. The molecule has 11 nitrogen and oxygen atoms in total. The first-order valence-electron chi connectivity index (χ1n) is 11.0. The maximum absolute atomic E-state index is 13.0. The molecule has 0 aliphatic heterocycles. The topological polar surface area (TPSA) is 188 Å². The van der Waals surface area contributed by atoms with Crippen LogP contribution in [0.4, 0.5) is 0 Å². The molecular weight excluding hydrogens is 466 g/mol. The molecule has 32 heavy (non-hydrogen) atoms. The Labute approximate surface area is 189 Å². The van der Waals surface area contributed by atoms with Crippen LogP contribution >= 0.6 is 15.6 Å². The van der Waals surface area contributed by atoms with Crippen molar-refractivity contribution in [3.05, 3.63) is 0 Å². The highest BCUT2D eigenvalue weighted by atomic mass is 31.3. The van der Waals surface area contributed by atoms with E-state index in [2.05, 4.69) is 4.31 Å². The van der Waals surface area contributed by atoms with Gasteiger partial charge in [0, 0.05) is 12.8 Å². The fourth-order valence-electron chi connectivity index (χ4n) is 3.30. The average Bonchev–Trinajstić information content (AvgIpc) is 2.68. The van der Waals surface area contributed by atoms with Gasteiger partial charge in [0.15, 0.2) is 11.6 Å². The molecule has 0 spiro atoms. The van der Waals surface area contributed by atoms with Gasteiger partial charge in [-0.2, -0.15) is 4.31 Å². The van der Waals surface area contributed by atoms with Gasteiger partial charge in [-0.3, -0.25) is 14.1 Å². The Bertz CT molecular complexity index is 636. The van der Waals surface area contributed by atoms with Gasteiger partial charge in [0.25, 0.3) is 0 Å². The van der Waals surface area contributed by atoms with Crippen LogP contribution in [0.25, 0.3) is 0 Å². The average molecular weight is 504 g/mol. The van der Waals surface area contributed by atoms with Crippen LogP contribution in [0.15, 0.2) is 0 Å². The number of Topliss-reactive ketones (excluding diaryl/α,β-unsaturated/α-hetero) is 2. The number of ketones is 2. The third-order valence-electron chi connectivity index (χ3n) is 4.95. The smallest absolute Gasteiger partial charge is 0.394 e. The van der Waals surface area contributed by atoms with Crippen LogP contribution in [0.3, 0.4) is 0 Å². The number of phosphoric acid groups is 2. The molecule has 0 fully saturated rings. The largest absolute Gasteiger partial charge is 0.482 e. The summed E-state index contributed by atoms with van der Waals surface area (Å²) in [6, 6.07) is 0. The van der Waals surface area contributed by atoms with Gasteiger partial charge in [-0.1, -0.05) is 65.2 Å². The van der Waals surface area contributed by atoms with Crippen molar-refractivity contribution in [1.29, 1.82) is 0 Å². The lowest BCUT2D eigenvalue weighted by atomic mass is 9.82. The molecule has 190 valence electrons. The van der Waals surface area contributed by atoms with Crippen LogP contribution in [-0.2, 0) is 27.6 Å². The van der Waals surface area contributed by atoms with Crippen LogP contribution in [0.5, 0.6) is 0 Å². The van der Waals surface area contributed by atoms with E-state index in [0.29, 0.717) is 25.7 Å². The van der Waals surface area contributed by atoms with Gasteiger partial charge in [0.2, 0.25) is 5.60 Å². The lowest BCUT2D eigenvalue weighted by Crippen LogP contribution is -2.58. The summed E-state index contributed by atoms with van der Waals surface area (Å²) in [6.45, 7) is 2.83. The van der Waals surface area contributed by atoms with E-state index >= 15 is 0 Å². The van der Waals surface area contributed by atoms with Crippen LogP contribution < -0.4 is 0 Å². The standard InChI is InChI=1S/C19H38O11P2/c1-3-5-7-9-11-13-16(21)19(18(23)15-20,17(22)14-12-10-8-6-4-2)29-32(27,28)30-31(24,25)26/h18,20,23H,3-15H2,1-2H3,(H,27,28)(H2,24,25,26). The number of unbranched alkanes of at least 4 members (excludes halogenated alkanes) is 8. The number of carbonyl (C=O) groups is 2. The fraction of sp³-hybridized carbons (Fsp3) is 0.895. The van der Waals surface area contributed by atoms with E-state index in [9.17, 15) is 33.8 Å². The molecule has 0 aromatic rings. The van der Waals surface area contributed by atoms with Gasteiger partial charge >= 0.3 is 15.6 Å². The summed E-state index contributed by atoms with van der Waals surface area (Å²) in [5.74, 6) is -2.12. The molecule has 5 N–H and O–H groups in total. The molecule has 0 rings (SSSR count). The molecule has 0 aliphatic rings. The van der Waals surface area contributed by atoms with E-state index in [1.165, 1.54) is 0 Å². The first kappa shape index (κ1) is 31.5. The minimum absolute atomic E-state index is 0.293. The van der Waals surface area contributed by atoms with Crippen LogP contribution in [0.2, 0.25) is 0 Å². The predicted molar refractivity (Wildman–Crippen MR) is 117 cm³/mol. The van der Waals surface area contributed by atoms with E-state index in [1.54, 1.807) is 0 Å². The zero-order chi connectivity index (χ0) is 24.8. The molecule has 0 aromatic carbocycles. The monoisotopic (exact) mass is 504 g/mol. The number of hydrogen-bond acceptors (Lipinski definition) is 8. The van der Waals surface area contributed by atoms with E-state index < -0.39 is 45.5 Å². The highest BCUT2D eigenvalue weighted by Crippen LogP contribution is 2.60. The number of carbonyl (C=O) groups excluding carboxylic acids is 2. The minimum Gasteiger partial charge on any atom is -0.394 e. The van der Waals surface area contributed by atoms with E-state index in [1.807, 2.05) is 13.8 Å². The van der Waals surface area contributed by atoms with Crippen molar-refractivity contribution in [2.45, 2.75) is 103 Å². The van der Waals surface area contributed by atoms with Gasteiger partial charge in [-0.15, -0.1) is 0 Å². The van der Waals surface area contributed by atoms with Crippen LogP contribution in [-0.4, -0.2) is 54.8 Å². The summed E-state index contributed by atoms with van der Waals surface area (Å²) in [5.41, 5.74) is -2.98. The third kappa shape index (κ3) is 11.6. The first-order chi connectivity index (χ1) is 14.9. The number of aliphatic hydroxyl groups excluding tert-OH is 2. The molecule has 0 bridgehead atoms. The van der Waals surface area contributed by atoms with Crippen molar-refractivity contribution in [2.24, 2.45) is 0 Å². The van der Waals surface area contributed by atoms with Crippen LogP contribution in [0.1, 0.15) is 90.9 Å². The SMILES string of the molecule is CCCCCCCC(=O)C(OP(=O)(O)OP(=O)(O)O)(C(=O)CCCCCCC)C(O)CO. The number of rotatable bonds is 20. The Morgan fingerprint density at radius 2 is 1.22 bits per heavy atom. The molecule has 13 heteroatoms. The second-order valence-corrected chi connectivity index (χ2v) is 10.5. The van der Waals surface area contributed by atoms with Crippen molar-refractivity contribution in [1.82, 2.24) is 0 Å². The van der Waals surface area contributed by atoms with Crippen LogP contribution in [0, 0.1) is 0 Å². The summed E-state index contributed by atoms with van der Waals surface area (Å²) in [5, 5.41) is 19.8. The highest BCUT2D eigenvalue weighted by molar-refractivity contribution is 7.60. The number of phosphoric ester groups is 1. The second-order valence-electron chi connectivity index (χ2n) is 7.74. The molecule has 0 amide bonds. The fourth-order valence-corrected chi connectivity index (χ4v) is 5.20. The quantitative estimate of drug-likeness (QED) is 0.0930. The van der Waals surface area contributed by atoms with Gasteiger partial charge < -0.3 is 24.9 Å². The molecule has 2 unspecified atom stereocenters. The summed E-state index contributed by atoms with van der Waals surface area (Å²) >= 11 is 0. The molecular formula is C19H38O11P2. The zero-order valence-corrected chi connectivity index (χ0v) is 20.6. The van der Waals surface area contributed by atoms with E-state index in [0.717, 1.165) is 38.5 Å². The summed E-state index contributed by atoms with van der Waals surface area (Å²) in [6.07, 6.45) is 4.35. The minimum atomic E-state index is -5.69. The van der Waals surface area contributed by atoms with Crippen molar-refractivity contribution >= 4 is 27.2 Å². The highest BCUT2D eigenvalue weighted by Gasteiger charge is 2.56. The zero-order valence-electron chi connectivity index (χ0n) is 18.8. The Hall–Kier alpha value is -0.480. The molecule has 0 saturated carbocycles.